The molecule has 0 spiro atoms. The second-order valence-corrected chi connectivity index (χ2v) is 8.67. The fourth-order valence-corrected chi connectivity index (χ4v) is 4.55. The van der Waals surface area contributed by atoms with Gasteiger partial charge in [-0.1, -0.05) is 36.4 Å². The van der Waals surface area contributed by atoms with Crippen LogP contribution in [-0.4, -0.2) is 30.8 Å². The average Bonchev–Trinajstić information content (AvgIpc) is 2.84. The number of halogens is 1. The van der Waals surface area contributed by atoms with Gasteiger partial charge in [0.05, 0.1) is 6.54 Å². The number of rotatable bonds is 10. The van der Waals surface area contributed by atoms with E-state index in [0.29, 0.717) is 24.4 Å². The Bertz CT molecular complexity index is 1130. The first-order valence-corrected chi connectivity index (χ1v) is 11.8. The van der Waals surface area contributed by atoms with E-state index < -0.39 is 5.97 Å². The summed E-state index contributed by atoms with van der Waals surface area (Å²) in [5.41, 5.74) is 6.22. The molecular formula is C28H31FN2O3. The van der Waals surface area contributed by atoms with Gasteiger partial charge in [0.15, 0.2) is 0 Å². The third kappa shape index (κ3) is 5.87. The van der Waals surface area contributed by atoms with Crippen molar-refractivity contribution in [3.05, 3.63) is 88.7 Å². The first-order chi connectivity index (χ1) is 16.5. The van der Waals surface area contributed by atoms with Crippen molar-refractivity contribution < 1.29 is 19.0 Å². The number of anilines is 2. The van der Waals surface area contributed by atoms with Gasteiger partial charge in [0, 0.05) is 30.9 Å². The molecule has 6 heteroatoms. The standard InChI is InChI=1S/C28H31FN2O3/c1-20-9-10-22(19-30-23-13-11-21(26(29)18-23)12-14-27(32)33)25-8-5-15-31(28(20)25)16-17-34-24-6-3-2-4-7-24/h2-4,6-7,9-11,13,18,30H,5,8,12,14-17,19H2,1H3,(H,32,33). The summed E-state index contributed by atoms with van der Waals surface area (Å²) in [5.74, 6) is -0.413. The molecule has 1 aliphatic rings. The number of carboxylic acid groups (broad SMARTS) is 1. The molecule has 0 radical (unpaired) electrons. The summed E-state index contributed by atoms with van der Waals surface area (Å²) >= 11 is 0. The summed E-state index contributed by atoms with van der Waals surface area (Å²) in [6.45, 7) is 5.20. The summed E-state index contributed by atoms with van der Waals surface area (Å²) in [5, 5.41) is 12.2. The van der Waals surface area contributed by atoms with E-state index in [-0.39, 0.29) is 18.7 Å². The van der Waals surface area contributed by atoms with Gasteiger partial charge in [0.1, 0.15) is 18.2 Å². The molecule has 0 aliphatic carbocycles. The number of aliphatic carboxylic acids is 1. The molecule has 0 aromatic heterocycles. The lowest BCUT2D eigenvalue weighted by molar-refractivity contribution is -0.136. The van der Waals surface area contributed by atoms with Crippen LogP contribution >= 0.6 is 0 Å². The number of ether oxygens (including phenoxy) is 1. The largest absolute Gasteiger partial charge is 0.492 e. The highest BCUT2D eigenvalue weighted by Gasteiger charge is 2.21. The Morgan fingerprint density at radius 3 is 2.68 bits per heavy atom. The molecule has 0 saturated carbocycles. The lowest BCUT2D eigenvalue weighted by Crippen LogP contribution is -2.34. The molecule has 1 aliphatic heterocycles. The Balaban J connectivity index is 1.42. The van der Waals surface area contributed by atoms with Crippen LogP contribution in [0.3, 0.4) is 0 Å². The van der Waals surface area contributed by atoms with Crippen molar-refractivity contribution in [2.24, 2.45) is 0 Å². The minimum absolute atomic E-state index is 0.0773. The molecule has 34 heavy (non-hydrogen) atoms. The lowest BCUT2D eigenvalue weighted by atomic mass is 9.93. The van der Waals surface area contributed by atoms with Crippen molar-refractivity contribution in [3.63, 3.8) is 0 Å². The molecule has 1 heterocycles. The maximum Gasteiger partial charge on any atom is 0.303 e. The average molecular weight is 463 g/mol. The zero-order valence-corrected chi connectivity index (χ0v) is 19.5. The summed E-state index contributed by atoms with van der Waals surface area (Å²) in [7, 11) is 0. The second kappa shape index (κ2) is 11.1. The number of hydrogen-bond acceptors (Lipinski definition) is 4. The van der Waals surface area contributed by atoms with Gasteiger partial charge >= 0.3 is 5.97 Å². The molecule has 3 aromatic rings. The van der Waals surface area contributed by atoms with E-state index in [9.17, 15) is 9.18 Å². The van der Waals surface area contributed by atoms with Crippen LogP contribution in [0.1, 0.15) is 35.1 Å². The van der Waals surface area contributed by atoms with Gasteiger partial charge in [0.2, 0.25) is 0 Å². The van der Waals surface area contributed by atoms with Gasteiger partial charge in [-0.15, -0.1) is 0 Å². The van der Waals surface area contributed by atoms with Crippen molar-refractivity contribution in [1.82, 2.24) is 0 Å². The monoisotopic (exact) mass is 462 g/mol. The molecular weight excluding hydrogens is 431 g/mol. The van der Waals surface area contributed by atoms with Gasteiger partial charge in [-0.3, -0.25) is 4.79 Å². The maximum atomic E-state index is 14.4. The molecule has 0 fully saturated rings. The van der Waals surface area contributed by atoms with Crippen LogP contribution in [0.4, 0.5) is 15.8 Å². The van der Waals surface area contributed by atoms with Crippen molar-refractivity contribution in [1.29, 1.82) is 0 Å². The SMILES string of the molecule is Cc1ccc(CNc2ccc(CCC(=O)O)c(F)c2)c2c1N(CCOc1ccccc1)CCC2. The van der Waals surface area contributed by atoms with Crippen LogP contribution in [0, 0.1) is 12.7 Å². The van der Waals surface area contributed by atoms with Crippen LogP contribution in [0.15, 0.2) is 60.7 Å². The highest BCUT2D eigenvalue weighted by atomic mass is 19.1. The van der Waals surface area contributed by atoms with Crippen molar-refractivity contribution in [2.45, 2.75) is 39.2 Å². The van der Waals surface area contributed by atoms with E-state index in [0.717, 1.165) is 31.7 Å². The Kier molecular flexibility index (Phi) is 7.68. The van der Waals surface area contributed by atoms with E-state index in [1.807, 2.05) is 36.4 Å². The fraction of sp³-hybridized carbons (Fsp3) is 0.321. The molecule has 4 rings (SSSR count). The third-order valence-electron chi connectivity index (χ3n) is 6.27. The Morgan fingerprint density at radius 1 is 1.12 bits per heavy atom. The quantitative estimate of drug-likeness (QED) is 0.411. The van der Waals surface area contributed by atoms with Crippen molar-refractivity contribution in [3.8, 4) is 5.75 Å². The number of fused-ring (bicyclic) bond motifs is 1. The Morgan fingerprint density at radius 2 is 1.91 bits per heavy atom. The molecule has 0 bridgehead atoms. The molecule has 0 unspecified atom stereocenters. The number of carbonyl (C=O) groups is 1. The number of nitrogens with one attached hydrogen (secondary N) is 1. The Hall–Kier alpha value is -3.54. The van der Waals surface area contributed by atoms with Crippen molar-refractivity contribution >= 4 is 17.3 Å². The highest BCUT2D eigenvalue weighted by Crippen LogP contribution is 2.33. The minimum Gasteiger partial charge on any atom is -0.492 e. The normalized spacial score (nSPS) is 12.8. The van der Waals surface area contributed by atoms with E-state index in [1.165, 1.54) is 28.4 Å². The van der Waals surface area contributed by atoms with Crippen LogP contribution in [0.2, 0.25) is 0 Å². The van der Waals surface area contributed by atoms with Crippen LogP contribution in [-0.2, 0) is 24.2 Å². The first-order valence-electron chi connectivity index (χ1n) is 11.8. The molecule has 0 atom stereocenters. The predicted molar refractivity (Wildman–Crippen MR) is 133 cm³/mol. The molecule has 3 aromatic carbocycles. The lowest BCUT2D eigenvalue weighted by Gasteiger charge is -2.34. The number of aryl methyl sites for hydroxylation is 2. The van der Waals surface area contributed by atoms with Gasteiger partial charge in [-0.2, -0.15) is 0 Å². The summed E-state index contributed by atoms with van der Waals surface area (Å²) < 4.78 is 20.3. The zero-order chi connectivity index (χ0) is 23.9. The highest BCUT2D eigenvalue weighted by molar-refractivity contribution is 5.67. The predicted octanol–water partition coefficient (Wildman–Crippen LogP) is 5.60. The first kappa shape index (κ1) is 23.6. The summed E-state index contributed by atoms with van der Waals surface area (Å²) in [6, 6.07) is 19.1. The maximum absolute atomic E-state index is 14.4. The van der Waals surface area contributed by atoms with E-state index >= 15 is 0 Å². The van der Waals surface area contributed by atoms with Crippen LogP contribution in [0.5, 0.6) is 5.75 Å². The number of para-hydroxylation sites is 1. The van der Waals surface area contributed by atoms with Gasteiger partial charge in [-0.25, -0.2) is 4.39 Å². The smallest absolute Gasteiger partial charge is 0.303 e. The van der Waals surface area contributed by atoms with Gasteiger partial charge in [0.25, 0.3) is 0 Å². The fourth-order valence-electron chi connectivity index (χ4n) is 4.55. The van der Waals surface area contributed by atoms with Crippen LogP contribution < -0.4 is 15.0 Å². The third-order valence-corrected chi connectivity index (χ3v) is 6.27. The molecule has 2 N–H and O–H groups in total. The Labute approximate surface area is 200 Å². The second-order valence-electron chi connectivity index (χ2n) is 8.67. The number of nitrogens with zero attached hydrogens (tertiary/aromatic N) is 1. The summed E-state index contributed by atoms with van der Waals surface area (Å²) in [6.07, 6.45) is 2.22. The number of hydrogen-bond donors (Lipinski definition) is 2. The topological polar surface area (TPSA) is 61.8 Å². The van der Waals surface area contributed by atoms with E-state index in [2.05, 4.69) is 29.3 Å². The van der Waals surface area contributed by atoms with Gasteiger partial charge in [-0.05, 0) is 72.7 Å². The van der Waals surface area contributed by atoms with Crippen LogP contribution in [0.25, 0.3) is 0 Å². The molecule has 178 valence electrons. The zero-order valence-electron chi connectivity index (χ0n) is 19.5. The van der Waals surface area contributed by atoms with E-state index in [1.54, 1.807) is 6.07 Å². The number of benzene rings is 3. The number of carboxylic acids is 1. The van der Waals surface area contributed by atoms with E-state index in [4.69, 9.17) is 9.84 Å². The van der Waals surface area contributed by atoms with Gasteiger partial charge < -0.3 is 20.1 Å². The molecule has 5 nitrogen and oxygen atoms in total. The summed E-state index contributed by atoms with van der Waals surface area (Å²) in [4.78, 5) is 13.2. The van der Waals surface area contributed by atoms with Crippen molar-refractivity contribution in [2.75, 3.05) is 29.9 Å². The molecule has 0 saturated heterocycles. The molecule has 0 amide bonds. The minimum atomic E-state index is -0.925.